The van der Waals surface area contributed by atoms with Crippen LogP contribution >= 0.6 is 0 Å². The number of aliphatic hydroxyl groups excluding tert-OH is 1. The van der Waals surface area contributed by atoms with Crippen molar-refractivity contribution >= 4 is 0 Å². The van der Waals surface area contributed by atoms with Gasteiger partial charge in [0.25, 0.3) is 0 Å². The number of hydrogen-bond donors (Lipinski definition) is 1. The molecule has 4 rings (SSSR count). The summed E-state index contributed by atoms with van der Waals surface area (Å²) < 4.78 is 44.0. The van der Waals surface area contributed by atoms with Crippen molar-refractivity contribution in [3.05, 3.63) is 89.5 Å². The summed E-state index contributed by atoms with van der Waals surface area (Å²) in [5, 5.41) is 10.4. The first kappa shape index (κ1) is 21.4. The van der Waals surface area contributed by atoms with E-state index >= 15 is 0 Å². The van der Waals surface area contributed by atoms with E-state index < -0.39 is 17.8 Å². The van der Waals surface area contributed by atoms with Crippen LogP contribution in [0.15, 0.2) is 72.8 Å². The Morgan fingerprint density at radius 2 is 1.65 bits per heavy atom. The number of alkyl halides is 3. The number of ether oxygens (including phenoxy) is 1. The number of fused-ring (bicyclic) bond motifs is 1. The first-order chi connectivity index (χ1) is 14.9. The molecule has 0 amide bonds. The van der Waals surface area contributed by atoms with Gasteiger partial charge in [0.05, 0.1) is 5.56 Å². The summed E-state index contributed by atoms with van der Waals surface area (Å²) in [6.45, 7) is 2.38. The fraction of sp³-hybridized carbons (Fsp3) is 0.280. The van der Waals surface area contributed by atoms with Gasteiger partial charge >= 0.3 is 6.18 Å². The highest BCUT2D eigenvalue weighted by atomic mass is 19.4. The van der Waals surface area contributed by atoms with Crippen molar-refractivity contribution in [2.75, 3.05) is 19.7 Å². The molecule has 0 radical (unpaired) electrons. The summed E-state index contributed by atoms with van der Waals surface area (Å²) >= 11 is 0. The van der Waals surface area contributed by atoms with Gasteiger partial charge in [0.2, 0.25) is 0 Å². The average Bonchev–Trinajstić information content (AvgIpc) is 2.77. The third kappa shape index (κ3) is 5.46. The molecule has 3 aromatic carbocycles. The van der Waals surface area contributed by atoms with Gasteiger partial charge in [-0.2, -0.15) is 13.2 Å². The van der Waals surface area contributed by atoms with Crippen molar-refractivity contribution in [1.29, 1.82) is 0 Å². The third-order valence-electron chi connectivity index (χ3n) is 5.50. The average molecular weight is 427 g/mol. The lowest BCUT2D eigenvalue weighted by atomic mass is 10.00. The molecule has 3 nitrogen and oxygen atoms in total. The second kappa shape index (κ2) is 9.12. The van der Waals surface area contributed by atoms with Gasteiger partial charge in [0.1, 0.15) is 18.5 Å². The summed E-state index contributed by atoms with van der Waals surface area (Å²) in [6, 6.07) is 20.6. The van der Waals surface area contributed by atoms with E-state index in [0.717, 1.165) is 37.2 Å². The van der Waals surface area contributed by atoms with Crippen LogP contribution in [0.5, 0.6) is 5.75 Å². The van der Waals surface area contributed by atoms with E-state index in [0.29, 0.717) is 17.9 Å². The zero-order valence-corrected chi connectivity index (χ0v) is 17.0. The molecule has 1 unspecified atom stereocenters. The van der Waals surface area contributed by atoms with E-state index in [1.54, 1.807) is 18.2 Å². The van der Waals surface area contributed by atoms with Gasteiger partial charge in [0.15, 0.2) is 0 Å². The van der Waals surface area contributed by atoms with E-state index in [-0.39, 0.29) is 6.61 Å². The highest BCUT2D eigenvalue weighted by Crippen LogP contribution is 2.31. The molecule has 1 aliphatic rings. The van der Waals surface area contributed by atoms with Crippen molar-refractivity contribution in [3.63, 3.8) is 0 Å². The van der Waals surface area contributed by atoms with E-state index in [1.807, 2.05) is 12.1 Å². The second-order valence-corrected chi connectivity index (χ2v) is 7.82. The van der Waals surface area contributed by atoms with Gasteiger partial charge in [-0.05, 0) is 52.9 Å². The lowest BCUT2D eigenvalue weighted by Gasteiger charge is -2.30. The molecule has 0 bridgehead atoms. The Labute approximate surface area is 179 Å². The highest BCUT2D eigenvalue weighted by molar-refractivity contribution is 5.65. The largest absolute Gasteiger partial charge is 0.491 e. The monoisotopic (exact) mass is 427 g/mol. The minimum Gasteiger partial charge on any atom is -0.491 e. The Morgan fingerprint density at radius 1 is 0.903 bits per heavy atom. The topological polar surface area (TPSA) is 32.7 Å². The smallest absolute Gasteiger partial charge is 0.416 e. The molecule has 0 saturated heterocycles. The molecule has 1 aliphatic heterocycles. The van der Waals surface area contributed by atoms with Crippen LogP contribution in [0.25, 0.3) is 11.1 Å². The normalized spacial score (nSPS) is 15.4. The summed E-state index contributed by atoms with van der Waals surface area (Å²) in [7, 11) is 0. The van der Waals surface area contributed by atoms with Crippen molar-refractivity contribution in [2.45, 2.75) is 25.2 Å². The van der Waals surface area contributed by atoms with E-state index in [1.165, 1.54) is 23.3 Å². The van der Waals surface area contributed by atoms with Gasteiger partial charge in [-0.1, -0.05) is 48.5 Å². The quantitative estimate of drug-likeness (QED) is 0.589. The molecule has 31 heavy (non-hydrogen) atoms. The number of β-amino-alcohol motifs (C(OH)–C–C–N with tert-alkyl or cyclic N) is 1. The molecule has 0 aliphatic carbocycles. The molecule has 0 spiro atoms. The first-order valence-corrected chi connectivity index (χ1v) is 10.3. The number of hydrogen-bond acceptors (Lipinski definition) is 3. The minimum atomic E-state index is -4.35. The van der Waals surface area contributed by atoms with E-state index in [4.69, 9.17) is 4.74 Å². The number of aliphatic hydroxyl groups is 1. The van der Waals surface area contributed by atoms with Gasteiger partial charge in [-0.3, -0.25) is 4.90 Å². The van der Waals surface area contributed by atoms with Crippen LogP contribution in [0.4, 0.5) is 13.2 Å². The lowest BCUT2D eigenvalue weighted by molar-refractivity contribution is -0.137. The maximum Gasteiger partial charge on any atom is 0.416 e. The first-order valence-electron chi connectivity index (χ1n) is 10.3. The molecule has 1 atom stereocenters. The van der Waals surface area contributed by atoms with Gasteiger partial charge in [0, 0.05) is 19.6 Å². The molecule has 0 fully saturated rings. The van der Waals surface area contributed by atoms with Crippen LogP contribution in [-0.4, -0.2) is 35.8 Å². The molecular weight excluding hydrogens is 403 g/mol. The van der Waals surface area contributed by atoms with Crippen molar-refractivity contribution in [3.8, 4) is 16.9 Å². The summed E-state index contributed by atoms with van der Waals surface area (Å²) in [4.78, 5) is 2.22. The Bertz CT molecular complexity index is 1020. The van der Waals surface area contributed by atoms with Gasteiger partial charge in [-0.25, -0.2) is 0 Å². The zero-order valence-electron chi connectivity index (χ0n) is 17.0. The molecule has 0 saturated carbocycles. The third-order valence-corrected chi connectivity index (χ3v) is 5.50. The van der Waals surface area contributed by atoms with Crippen LogP contribution in [-0.2, 0) is 19.1 Å². The molecule has 162 valence electrons. The number of nitrogens with zero attached hydrogens (tertiary/aromatic N) is 1. The Hall–Kier alpha value is -2.83. The van der Waals surface area contributed by atoms with E-state index in [2.05, 4.69) is 23.1 Å². The second-order valence-electron chi connectivity index (χ2n) is 7.82. The maximum atomic E-state index is 12.8. The Morgan fingerprint density at radius 3 is 2.39 bits per heavy atom. The minimum absolute atomic E-state index is 0.147. The molecular formula is C25H24F3NO2. The maximum absolute atomic E-state index is 12.8. The Balaban J connectivity index is 1.33. The number of rotatable bonds is 6. The molecule has 1 N–H and O–H groups in total. The standard InChI is InChI=1S/C25H24F3NO2/c26-25(27,28)22-10-8-19(9-11-22)20-6-3-7-24(14-20)31-17-23(30)16-29-13-12-18-4-1-2-5-21(18)15-29/h1-11,14,23,30H,12-13,15-17H2. The zero-order chi connectivity index (χ0) is 21.8. The fourth-order valence-electron chi connectivity index (χ4n) is 3.87. The predicted molar refractivity (Wildman–Crippen MR) is 114 cm³/mol. The lowest BCUT2D eigenvalue weighted by Crippen LogP contribution is -2.38. The summed E-state index contributed by atoms with van der Waals surface area (Å²) in [5.74, 6) is 0.570. The molecule has 3 aromatic rings. The predicted octanol–water partition coefficient (Wildman–Crippen LogP) is 5.17. The van der Waals surface area contributed by atoms with Crippen LogP contribution in [0, 0.1) is 0 Å². The molecule has 1 heterocycles. The van der Waals surface area contributed by atoms with E-state index in [9.17, 15) is 18.3 Å². The number of benzene rings is 3. The van der Waals surface area contributed by atoms with Crippen LogP contribution in [0.2, 0.25) is 0 Å². The Kier molecular flexibility index (Phi) is 6.30. The van der Waals surface area contributed by atoms with Crippen molar-refractivity contribution in [2.24, 2.45) is 0 Å². The highest BCUT2D eigenvalue weighted by Gasteiger charge is 2.30. The van der Waals surface area contributed by atoms with Gasteiger partial charge < -0.3 is 9.84 Å². The van der Waals surface area contributed by atoms with Crippen molar-refractivity contribution < 1.29 is 23.0 Å². The fourth-order valence-corrected chi connectivity index (χ4v) is 3.87. The van der Waals surface area contributed by atoms with Gasteiger partial charge in [-0.15, -0.1) is 0 Å². The molecule has 6 heteroatoms. The van der Waals surface area contributed by atoms with Crippen LogP contribution in [0.1, 0.15) is 16.7 Å². The number of halogens is 3. The summed E-state index contributed by atoms with van der Waals surface area (Å²) in [6.07, 6.45) is -4.02. The molecule has 0 aromatic heterocycles. The van der Waals surface area contributed by atoms with Crippen molar-refractivity contribution in [1.82, 2.24) is 4.90 Å². The summed E-state index contributed by atoms with van der Waals surface area (Å²) in [5.41, 5.74) is 3.42. The van der Waals surface area contributed by atoms with Crippen LogP contribution < -0.4 is 4.74 Å². The SMILES string of the molecule is OC(COc1cccc(-c2ccc(C(F)(F)F)cc2)c1)CN1CCc2ccccc2C1. The van der Waals surface area contributed by atoms with Crippen LogP contribution in [0.3, 0.4) is 0 Å².